The number of piperidine rings is 1. The van der Waals surface area contributed by atoms with Gasteiger partial charge < -0.3 is 24.6 Å². The number of hydrogen-bond donors (Lipinski definition) is 2. The van der Waals surface area contributed by atoms with E-state index in [1.165, 1.54) is 12.8 Å². The molecule has 3 unspecified atom stereocenters. The molecule has 0 radical (unpaired) electrons. The Kier molecular flexibility index (Phi) is 11.4. The fraction of sp³-hybridized carbons (Fsp3) is 0.500. The van der Waals surface area contributed by atoms with E-state index in [-0.39, 0.29) is 23.6 Å². The van der Waals surface area contributed by atoms with Crippen LogP contribution in [-0.2, 0) is 5.41 Å². The van der Waals surface area contributed by atoms with Crippen LogP contribution in [0.3, 0.4) is 0 Å². The first-order chi connectivity index (χ1) is 27.6. The number of anilines is 2. The van der Waals surface area contributed by atoms with Crippen molar-refractivity contribution < 1.29 is 14.3 Å². The lowest BCUT2D eigenvalue weighted by atomic mass is 9.85. The summed E-state index contributed by atoms with van der Waals surface area (Å²) >= 11 is 0. The van der Waals surface area contributed by atoms with E-state index in [1.807, 2.05) is 60.8 Å². The number of nitrogens with zero attached hydrogens (tertiary/aromatic N) is 8. The number of carbonyl (C=O) groups is 1. The molecule has 5 aromatic rings. The molecule has 3 atom stereocenters. The van der Waals surface area contributed by atoms with E-state index in [2.05, 4.69) is 86.8 Å². The topological polar surface area (TPSA) is 117 Å². The highest BCUT2D eigenvalue weighted by Gasteiger charge is 2.31. The van der Waals surface area contributed by atoms with Gasteiger partial charge in [-0.2, -0.15) is 5.10 Å². The summed E-state index contributed by atoms with van der Waals surface area (Å²) in [6.07, 6.45) is 8.04. The van der Waals surface area contributed by atoms with E-state index >= 15 is 0 Å². The number of hydrogen-bond acceptors (Lipinski definition) is 9. The molecule has 13 heteroatoms. The standard InChI is InChI=1S/C44H58N10O3/c1-31-12-8-9-23-52(31)43-48-47-40-20-17-34(30-53(40)43)57-38-19-18-37(35-15-6-7-16-36(35)38)45-42(55)46-41-29-39(44(2,3)4)49-54(41)32-13-10-14-33(28-32)56-27-26-51-22-11-21-50(5)24-25-51/h6-7,10,13-17,20,28-31,37-38H,8-9,11-12,18-19,21-27H2,1-5H3,(H2,45,46,55). The highest BCUT2D eigenvalue weighted by atomic mass is 16.5. The maximum atomic E-state index is 13.8. The van der Waals surface area contributed by atoms with Gasteiger partial charge in [-0.05, 0) is 101 Å². The predicted octanol–water partition coefficient (Wildman–Crippen LogP) is 7.38. The summed E-state index contributed by atoms with van der Waals surface area (Å²) in [5, 5.41) is 20.4. The molecule has 2 fully saturated rings. The van der Waals surface area contributed by atoms with Gasteiger partial charge in [0.05, 0.1) is 23.6 Å². The van der Waals surface area contributed by atoms with Gasteiger partial charge in [0.15, 0.2) is 5.65 Å². The van der Waals surface area contributed by atoms with Crippen LogP contribution >= 0.6 is 0 Å². The van der Waals surface area contributed by atoms with Gasteiger partial charge in [0.1, 0.15) is 30.0 Å². The SMILES string of the molecule is CC1CCCCN1c1nnc2ccc(OC3CCC(NC(=O)Nc4cc(C(C)(C)C)nn4-c4cccc(OCCN5CCCN(C)CC5)c4)c4ccccc43)cn12. The number of nitrogens with one attached hydrogen (secondary N) is 2. The Bertz CT molecular complexity index is 2160. The second-order valence-corrected chi connectivity index (χ2v) is 17.0. The summed E-state index contributed by atoms with van der Waals surface area (Å²) in [6.45, 7) is 15.5. The molecular weight excluding hydrogens is 717 g/mol. The lowest BCUT2D eigenvalue weighted by molar-refractivity contribution is 0.171. The lowest BCUT2D eigenvalue weighted by Gasteiger charge is -2.33. The molecule has 3 aromatic heterocycles. The molecule has 0 bridgehead atoms. The average molecular weight is 775 g/mol. The fourth-order valence-electron chi connectivity index (χ4n) is 8.37. The number of carbonyl (C=O) groups excluding carboxylic acids is 1. The molecule has 2 amide bonds. The number of pyridine rings is 1. The van der Waals surface area contributed by atoms with E-state index in [9.17, 15) is 4.79 Å². The van der Waals surface area contributed by atoms with Crippen LogP contribution < -0.4 is 25.0 Å². The van der Waals surface area contributed by atoms with Gasteiger partial charge in [0.25, 0.3) is 0 Å². The normalized spacial score (nSPS) is 20.9. The molecule has 302 valence electrons. The maximum Gasteiger partial charge on any atom is 0.320 e. The minimum absolute atomic E-state index is 0.162. The van der Waals surface area contributed by atoms with Crippen LogP contribution in [0.2, 0.25) is 0 Å². The highest BCUT2D eigenvalue weighted by molar-refractivity contribution is 5.89. The molecule has 0 spiro atoms. The molecule has 2 aromatic carbocycles. The summed E-state index contributed by atoms with van der Waals surface area (Å²) in [5.41, 5.74) is 4.40. The van der Waals surface area contributed by atoms with Gasteiger partial charge in [-0.3, -0.25) is 14.6 Å². The van der Waals surface area contributed by atoms with Crippen molar-refractivity contribution in [2.24, 2.45) is 0 Å². The van der Waals surface area contributed by atoms with Crippen LogP contribution in [0.15, 0.2) is 72.9 Å². The Hall–Kier alpha value is -5.14. The Morgan fingerprint density at radius 2 is 1.72 bits per heavy atom. The molecule has 57 heavy (non-hydrogen) atoms. The first kappa shape index (κ1) is 38.7. The molecule has 0 saturated carbocycles. The van der Waals surface area contributed by atoms with Crippen LogP contribution in [0.4, 0.5) is 16.6 Å². The Morgan fingerprint density at radius 3 is 2.56 bits per heavy atom. The van der Waals surface area contributed by atoms with E-state index in [4.69, 9.17) is 14.6 Å². The third kappa shape index (κ3) is 8.89. The molecule has 2 aliphatic heterocycles. The quantitative estimate of drug-likeness (QED) is 0.150. The van der Waals surface area contributed by atoms with Crippen LogP contribution in [0.25, 0.3) is 11.3 Å². The third-order valence-corrected chi connectivity index (χ3v) is 11.7. The summed E-state index contributed by atoms with van der Waals surface area (Å²) < 4.78 is 16.8. The monoisotopic (exact) mass is 774 g/mol. The van der Waals surface area contributed by atoms with E-state index < -0.39 is 0 Å². The second kappa shape index (κ2) is 16.8. The third-order valence-electron chi connectivity index (χ3n) is 11.7. The zero-order valence-corrected chi connectivity index (χ0v) is 34.2. The van der Waals surface area contributed by atoms with Crippen molar-refractivity contribution in [2.45, 2.75) is 89.8 Å². The molecule has 2 saturated heterocycles. The molecule has 2 N–H and O–H groups in total. The summed E-state index contributed by atoms with van der Waals surface area (Å²) in [7, 11) is 2.19. The van der Waals surface area contributed by atoms with Crippen molar-refractivity contribution in [3.8, 4) is 17.2 Å². The number of aromatic nitrogens is 5. The van der Waals surface area contributed by atoms with Crippen LogP contribution in [-0.4, -0.2) is 99.2 Å². The minimum atomic E-state index is -0.288. The van der Waals surface area contributed by atoms with Gasteiger partial charge in [0.2, 0.25) is 5.95 Å². The van der Waals surface area contributed by atoms with E-state index in [1.54, 1.807) is 4.68 Å². The first-order valence-corrected chi connectivity index (χ1v) is 20.8. The zero-order valence-electron chi connectivity index (χ0n) is 34.2. The summed E-state index contributed by atoms with van der Waals surface area (Å²) in [5.74, 6) is 3.00. The maximum absolute atomic E-state index is 13.8. The van der Waals surface area contributed by atoms with Crippen LogP contribution in [0, 0.1) is 0 Å². The van der Waals surface area contributed by atoms with Gasteiger partial charge in [-0.1, -0.05) is 51.1 Å². The number of rotatable bonds is 10. The van der Waals surface area contributed by atoms with Crippen molar-refractivity contribution in [1.29, 1.82) is 0 Å². The molecule has 5 heterocycles. The first-order valence-electron chi connectivity index (χ1n) is 20.8. The Morgan fingerprint density at radius 1 is 0.860 bits per heavy atom. The molecule has 1 aliphatic carbocycles. The van der Waals surface area contributed by atoms with Gasteiger partial charge in [-0.15, -0.1) is 10.2 Å². The Balaban J connectivity index is 0.949. The number of urea groups is 1. The average Bonchev–Trinajstić information content (AvgIpc) is 3.76. The van der Waals surface area contributed by atoms with E-state index in [0.717, 1.165) is 111 Å². The molecule has 8 rings (SSSR count). The molecule has 3 aliphatic rings. The van der Waals surface area contributed by atoms with Crippen molar-refractivity contribution >= 4 is 23.4 Å². The van der Waals surface area contributed by atoms with Crippen molar-refractivity contribution in [1.82, 2.24) is 39.5 Å². The summed E-state index contributed by atoms with van der Waals surface area (Å²) in [4.78, 5) is 21.1. The van der Waals surface area contributed by atoms with Crippen molar-refractivity contribution in [3.05, 3.63) is 89.7 Å². The predicted molar refractivity (Wildman–Crippen MR) is 224 cm³/mol. The second-order valence-electron chi connectivity index (χ2n) is 17.0. The van der Waals surface area contributed by atoms with Crippen molar-refractivity contribution in [3.63, 3.8) is 0 Å². The number of likely N-dealkylation sites (N-methyl/N-ethyl adjacent to an activating group) is 1. The fourth-order valence-corrected chi connectivity index (χ4v) is 8.37. The van der Waals surface area contributed by atoms with Gasteiger partial charge >= 0.3 is 6.03 Å². The molecule has 13 nitrogen and oxygen atoms in total. The molecular formula is C44H58N10O3. The number of ether oxygens (including phenoxy) is 2. The summed E-state index contributed by atoms with van der Waals surface area (Å²) in [6, 6.07) is 22.0. The number of amides is 2. The van der Waals surface area contributed by atoms with Crippen LogP contribution in [0.1, 0.15) is 95.2 Å². The minimum Gasteiger partial charge on any atom is -0.492 e. The Labute approximate surface area is 336 Å². The number of fused-ring (bicyclic) bond motifs is 2. The number of benzene rings is 2. The van der Waals surface area contributed by atoms with Crippen molar-refractivity contribution in [2.75, 3.05) is 63.1 Å². The van der Waals surface area contributed by atoms with Gasteiger partial charge in [-0.25, -0.2) is 9.48 Å². The lowest BCUT2D eigenvalue weighted by Crippen LogP contribution is -2.38. The highest BCUT2D eigenvalue weighted by Crippen LogP contribution is 2.39. The van der Waals surface area contributed by atoms with Gasteiger partial charge in [0, 0.05) is 49.8 Å². The largest absolute Gasteiger partial charge is 0.492 e. The van der Waals surface area contributed by atoms with E-state index in [0.29, 0.717) is 18.5 Å². The smallest absolute Gasteiger partial charge is 0.320 e. The zero-order chi connectivity index (χ0) is 39.5. The van der Waals surface area contributed by atoms with Crippen LogP contribution in [0.5, 0.6) is 11.5 Å².